The summed E-state index contributed by atoms with van der Waals surface area (Å²) in [5.41, 5.74) is 1.81. The molecule has 6 nitrogen and oxygen atoms in total. The van der Waals surface area contributed by atoms with Crippen molar-refractivity contribution in [3.8, 4) is 0 Å². The molecule has 1 N–H and O–H groups in total. The maximum absolute atomic E-state index is 13.1. The second-order valence-electron chi connectivity index (χ2n) is 8.25. The summed E-state index contributed by atoms with van der Waals surface area (Å²) in [6, 6.07) is 19.0. The number of benzene rings is 3. The number of thiazole rings is 1. The first-order valence-corrected chi connectivity index (χ1v) is 13.2. The molecule has 2 heterocycles. The maximum Gasteiger partial charge on any atom is 0.261 e. The van der Waals surface area contributed by atoms with Crippen LogP contribution in [0.3, 0.4) is 0 Å². The maximum atomic E-state index is 13.1. The van der Waals surface area contributed by atoms with Gasteiger partial charge in [0.2, 0.25) is 0 Å². The number of carbonyl (C=O) groups is 1. The number of hydrogen-bond acceptors (Lipinski definition) is 5. The fourth-order valence-electron chi connectivity index (χ4n) is 4.12. The highest BCUT2D eigenvalue weighted by molar-refractivity contribution is 7.92. The second-order valence-corrected chi connectivity index (χ2v) is 11.0. The molecule has 0 spiro atoms. The summed E-state index contributed by atoms with van der Waals surface area (Å²) in [4.78, 5) is 19.7. The lowest BCUT2D eigenvalue weighted by atomic mass is 9.98. The van der Waals surface area contributed by atoms with Crippen molar-refractivity contribution >= 4 is 43.2 Å². The molecule has 1 amide bonds. The van der Waals surface area contributed by atoms with E-state index in [1.54, 1.807) is 35.6 Å². The van der Waals surface area contributed by atoms with Gasteiger partial charge in [0.1, 0.15) is 5.82 Å². The van der Waals surface area contributed by atoms with Gasteiger partial charge < -0.3 is 4.90 Å². The highest BCUT2D eigenvalue weighted by Gasteiger charge is 2.27. The molecule has 34 heavy (non-hydrogen) atoms. The number of fused-ring (bicyclic) bond motifs is 1. The molecule has 0 radical (unpaired) electrons. The van der Waals surface area contributed by atoms with E-state index in [4.69, 9.17) is 4.98 Å². The first-order valence-electron chi connectivity index (χ1n) is 10.9. The van der Waals surface area contributed by atoms with E-state index in [0.717, 1.165) is 40.2 Å². The number of aromatic nitrogens is 1. The van der Waals surface area contributed by atoms with Gasteiger partial charge in [-0.3, -0.25) is 9.52 Å². The van der Waals surface area contributed by atoms with Crippen molar-refractivity contribution in [2.24, 2.45) is 0 Å². The van der Waals surface area contributed by atoms with E-state index in [1.165, 1.54) is 12.1 Å². The van der Waals surface area contributed by atoms with Gasteiger partial charge in [-0.05, 0) is 73.5 Å². The van der Waals surface area contributed by atoms with Crippen LogP contribution >= 0.6 is 11.3 Å². The Hall–Kier alpha value is -3.30. The highest BCUT2D eigenvalue weighted by atomic mass is 32.2. The quantitative estimate of drug-likeness (QED) is 0.410. The summed E-state index contributed by atoms with van der Waals surface area (Å²) in [5.74, 6) is -0.388. The van der Waals surface area contributed by atoms with Gasteiger partial charge in [-0.25, -0.2) is 17.8 Å². The number of para-hydroxylation sites is 1. The minimum absolute atomic E-state index is 0.0386. The highest BCUT2D eigenvalue weighted by Crippen LogP contribution is 2.33. The monoisotopic (exact) mass is 495 g/mol. The Morgan fingerprint density at radius 2 is 1.76 bits per heavy atom. The third-order valence-electron chi connectivity index (χ3n) is 5.88. The zero-order valence-electron chi connectivity index (χ0n) is 18.1. The van der Waals surface area contributed by atoms with Gasteiger partial charge in [0.05, 0.1) is 20.1 Å². The predicted molar refractivity (Wildman–Crippen MR) is 131 cm³/mol. The number of likely N-dealkylation sites (tertiary alicyclic amines) is 1. The minimum atomic E-state index is -3.85. The van der Waals surface area contributed by atoms with Crippen molar-refractivity contribution in [1.29, 1.82) is 0 Å². The summed E-state index contributed by atoms with van der Waals surface area (Å²) in [6.45, 7) is 1.29. The van der Waals surface area contributed by atoms with Crippen LogP contribution in [0.4, 0.5) is 10.1 Å². The molecular weight excluding hydrogens is 473 g/mol. The molecule has 0 bridgehead atoms. The summed E-state index contributed by atoms with van der Waals surface area (Å²) in [5, 5.41) is 1.06. The number of sulfonamides is 1. The number of carbonyl (C=O) groups excluding carboxylic acids is 1. The van der Waals surface area contributed by atoms with E-state index in [1.807, 2.05) is 23.1 Å². The van der Waals surface area contributed by atoms with Gasteiger partial charge in [0.15, 0.2) is 0 Å². The van der Waals surface area contributed by atoms with E-state index in [9.17, 15) is 17.6 Å². The molecule has 5 rings (SSSR count). The molecule has 1 aromatic heterocycles. The van der Waals surface area contributed by atoms with Crippen LogP contribution in [0.2, 0.25) is 0 Å². The number of rotatable bonds is 5. The summed E-state index contributed by atoms with van der Waals surface area (Å²) < 4.78 is 41.7. The van der Waals surface area contributed by atoms with Crippen molar-refractivity contribution in [3.05, 3.63) is 89.2 Å². The number of amides is 1. The van der Waals surface area contributed by atoms with Crippen molar-refractivity contribution in [3.63, 3.8) is 0 Å². The number of piperidine rings is 1. The molecule has 0 aliphatic carbocycles. The third-order valence-corrected chi connectivity index (χ3v) is 8.47. The van der Waals surface area contributed by atoms with Gasteiger partial charge in [0, 0.05) is 30.3 Å². The van der Waals surface area contributed by atoms with Crippen LogP contribution in [0.5, 0.6) is 0 Å². The fourth-order valence-corrected chi connectivity index (χ4v) is 6.27. The Labute approximate surface area is 201 Å². The third kappa shape index (κ3) is 4.67. The van der Waals surface area contributed by atoms with Gasteiger partial charge in [-0.2, -0.15) is 0 Å². The zero-order valence-corrected chi connectivity index (χ0v) is 19.8. The molecule has 9 heteroatoms. The molecule has 174 valence electrons. The predicted octanol–water partition coefficient (Wildman–Crippen LogP) is 5.26. The lowest BCUT2D eigenvalue weighted by molar-refractivity contribution is 0.0707. The smallest absolute Gasteiger partial charge is 0.261 e. The average molecular weight is 496 g/mol. The zero-order chi connectivity index (χ0) is 23.7. The Kier molecular flexibility index (Phi) is 6.05. The fraction of sp³-hybridized carbons (Fsp3) is 0.200. The Bertz CT molecular complexity index is 1400. The molecule has 3 aromatic carbocycles. The van der Waals surface area contributed by atoms with Crippen molar-refractivity contribution in [2.75, 3.05) is 17.8 Å². The van der Waals surface area contributed by atoms with Crippen LogP contribution in [-0.2, 0) is 10.0 Å². The Balaban J connectivity index is 1.27. The lowest BCUT2D eigenvalue weighted by Crippen LogP contribution is -2.39. The Morgan fingerprint density at radius 3 is 2.50 bits per heavy atom. The van der Waals surface area contributed by atoms with Crippen LogP contribution in [0.25, 0.3) is 10.2 Å². The first kappa shape index (κ1) is 22.5. The molecule has 1 fully saturated rings. The van der Waals surface area contributed by atoms with Crippen LogP contribution in [0, 0.1) is 5.82 Å². The topological polar surface area (TPSA) is 79.4 Å². The van der Waals surface area contributed by atoms with Gasteiger partial charge >= 0.3 is 0 Å². The normalized spacial score (nSPS) is 16.5. The van der Waals surface area contributed by atoms with Crippen LogP contribution < -0.4 is 4.72 Å². The largest absolute Gasteiger partial charge is 0.338 e. The summed E-state index contributed by atoms with van der Waals surface area (Å²) in [6.07, 6.45) is 1.90. The molecule has 1 aliphatic heterocycles. The molecule has 1 saturated heterocycles. The van der Waals surface area contributed by atoms with E-state index in [0.29, 0.717) is 24.3 Å². The SMILES string of the molecule is O=C(c1ccc(NS(=O)(=O)c2ccc(F)cc2)cc1)N1CCCC(c2nc3ccccc3s2)C1. The lowest BCUT2D eigenvalue weighted by Gasteiger charge is -2.32. The summed E-state index contributed by atoms with van der Waals surface area (Å²) >= 11 is 1.68. The van der Waals surface area contributed by atoms with Gasteiger partial charge in [-0.1, -0.05) is 12.1 Å². The van der Waals surface area contributed by atoms with Crippen LogP contribution in [0.15, 0.2) is 77.7 Å². The van der Waals surface area contributed by atoms with E-state index in [-0.39, 0.29) is 16.7 Å². The standard InChI is InChI=1S/C25H22FN3O3S2/c26-19-9-13-21(14-10-19)34(31,32)28-20-11-7-17(8-12-20)25(30)29-15-3-4-18(16-29)24-27-22-5-1-2-6-23(22)33-24/h1-2,5-14,18,28H,3-4,15-16H2. The van der Waals surface area contributed by atoms with Crippen molar-refractivity contribution < 1.29 is 17.6 Å². The van der Waals surface area contributed by atoms with E-state index >= 15 is 0 Å². The van der Waals surface area contributed by atoms with Crippen molar-refractivity contribution in [1.82, 2.24) is 9.88 Å². The minimum Gasteiger partial charge on any atom is -0.338 e. The number of nitrogens with zero attached hydrogens (tertiary/aromatic N) is 2. The number of halogens is 1. The van der Waals surface area contributed by atoms with Gasteiger partial charge in [0.25, 0.3) is 15.9 Å². The molecule has 1 unspecified atom stereocenters. The number of hydrogen-bond donors (Lipinski definition) is 1. The Morgan fingerprint density at radius 1 is 1.03 bits per heavy atom. The average Bonchev–Trinajstić information content (AvgIpc) is 3.29. The molecule has 4 aromatic rings. The van der Waals surface area contributed by atoms with Crippen LogP contribution in [0.1, 0.15) is 34.1 Å². The molecule has 0 saturated carbocycles. The second kappa shape index (κ2) is 9.15. The van der Waals surface area contributed by atoms with Gasteiger partial charge in [-0.15, -0.1) is 11.3 Å². The number of anilines is 1. The number of nitrogens with one attached hydrogen (secondary N) is 1. The van der Waals surface area contributed by atoms with E-state index in [2.05, 4.69) is 10.8 Å². The summed E-state index contributed by atoms with van der Waals surface area (Å²) in [7, 11) is -3.85. The van der Waals surface area contributed by atoms with E-state index < -0.39 is 15.8 Å². The molecular formula is C25H22FN3O3S2. The van der Waals surface area contributed by atoms with Crippen LogP contribution in [-0.4, -0.2) is 37.3 Å². The van der Waals surface area contributed by atoms with Crippen molar-refractivity contribution in [2.45, 2.75) is 23.7 Å². The molecule has 1 aliphatic rings. The molecule has 1 atom stereocenters. The first-order chi connectivity index (χ1) is 16.4.